The van der Waals surface area contributed by atoms with Gasteiger partial charge in [0.25, 0.3) is 0 Å². The third-order valence-corrected chi connectivity index (χ3v) is 5.24. The van der Waals surface area contributed by atoms with Gasteiger partial charge in [-0.2, -0.15) is 9.61 Å². The Morgan fingerprint density at radius 2 is 2.08 bits per heavy atom. The van der Waals surface area contributed by atoms with Crippen molar-refractivity contribution in [3.8, 4) is 0 Å². The normalized spacial score (nSPS) is 24.0. The fourth-order valence-electron chi connectivity index (χ4n) is 3.58. The first-order valence-electron chi connectivity index (χ1n) is 8.77. The van der Waals surface area contributed by atoms with Gasteiger partial charge in [0.1, 0.15) is 6.33 Å². The number of fused-ring (bicyclic) bond motifs is 1. The van der Waals surface area contributed by atoms with Crippen LogP contribution in [0.4, 0.5) is 5.69 Å². The molecule has 0 atom stereocenters. The van der Waals surface area contributed by atoms with Gasteiger partial charge in [-0.3, -0.25) is 4.79 Å². The maximum atomic E-state index is 11.6. The summed E-state index contributed by atoms with van der Waals surface area (Å²) in [5.74, 6) is 1.19. The highest BCUT2D eigenvalue weighted by molar-refractivity contribution is 5.72. The second-order valence-electron chi connectivity index (χ2n) is 6.98. The second kappa shape index (κ2) is 6.37. The summed E-state index contributed by atoms with van der Waals surface area (Å²) in [6.45, 7) is 0.893. The van der Waals surface area contributed by atoms with Crippen molar-refractivity contribution in [3.05, 3.63) is 18.1 Å². The molecule has 2 aromatic heterocycles. The Balaban J connectivity index is 1.40. The molecule has 2 heterocycles. The Kier molecular flexibility index (Phi) is 4.08. The van der Waals surface area contributed by atoms with Crippen molar-refractivity contribution in [3.63, 3.8) is 0 Å². The monoisotopic (exact) mass is 329 g/mol. The van der Waals surface area contributed by atoms with Crippen LogP contribution in [0.25, 0.3) is 5.65 Å². The highest BCUT2D eigenvalue weighted by atomic mass is 16.5. The Labute approximate surface area is 140 Å². The number of nitrogens with one attached hydrogen (secondary N) is 1. The van der Waals surface area contributed by atoms with Gasteiger partial charge in [0, 0.05) is 12.5 Å². The van der Waals surface area contributed by atoms with Crippen molar-refractivity contribution in [1.82, 2.24) is 19.8 Å². The Hall–Kier alpha value is -2.18. The van der Waals surface area contributed by atoms with Gasteiger partial charge in [-0.25, -0.2) is 0 Å². The van der Waals surface area contributed by atoms with Gasteiger partial charge < -0.3 is 10.1 Å². The average Bonchev–Trinajstić information content (AvgIpc) is 3.37. The zero-order chi connectivity index (χ0) is 16.5. The minimum absolute atomic E-state index is 0.0604. The molecule has 0 saturated heterocycles. The quantitative estimate of drug-likeness (QED) is 0.848. The summed E-state index contributed by atoms with van der Waals surface area (Å²) in [4.78, 5) is 11.6. The molecule has 7 heteroatoms. The molecular weight excluding hydrogens is 306 g/mol. The lowest BCUT2D eigenvalue weighted by Crippen LogP contribution is -2.26. The predicted octanol–water partition coefficient (Wildman–Crippen LogP) is 2.39. The first kappa shape index (κ1) is 15.4. The molecule has 0 unspecified atom stereocenters. The first-order valence-corrected chi connectivity index (χ1v) is 8.77. The minimum atomic E-state index is -0.0604. The molecule has 2 fully saturated rings. The van der Waals surface area contributed by atoms with Crippen LogP contribution in [0.5, 0.6) is 0 Å². The van der Waals surface area contributed by atoms with Crippen LogP contribution in [-0.4, -0.2) is 39.4 Å². The van der Waals surface area contributed by atoms with Gasteiger partial charge in [0.2, 0.25) is 5.65 Å². The summed E-state index contributed by atoms with van der Waals surface area (Å²) in [5.41, 5.74) is 2.92. The SMILES string of the molecule is COC(=O)C1CCC(CNc2cc(C3CC3)nn3cnnc23)CC1. The van der Waals surface area contributed by atoms with Crippen LogP contribution in [0.1, 0.15) is 50.1 Å². The van der Waals surface area contributed by atoms with E-state index in [-0.39, 0.29) is 11.9 Å². The molecule has 0 amide bonds. The number of esters is 1. The van der Waals surface area contributed by atoms with Crippen LogP contribution in [0.15, 0.2) is 12.4 Å². The molecule has 2 aliphatic rings. The van der Waals surface area contributed by atoms with Crippen LogP contribution in [-0.2, 0) is 9.53 Å². The van der Waals surface area contributed by atoms with E-state index in [1.165, 1.54) is 20.0 Å². The third-order valence-electron chi connectivity index (χ3n) is 5.24. The summed E-state index contributed by atoms with van der Waals surface area (Å²) < 4.78 is 6.62. The molecule has 4 rings (SSSR count). The standard InChI is InChI=1S/C17H23N5O2/c1-24-17(23)13-4-2-11(3-5-13)9-18-15-8-14(12-6-7-12)21-22-10-19-20-16(15)22/h8,10-13,18H,2-7,9H2,1H3. The number of nitrogens with zero attached hydrogens (tertiary/aromatic N) is 4. The van der Waals surface area contributed by atoms with Gasteiger partial charge >= 0.3 is 5.97 Å². The molecule has 0 aromatic carbocycles. The van der Waals surface area contributed by atoms with E-state index < -0.39 is 0 Å². The van der Waals surface area contributed by atoms with Crippen LogP contribution < -0.4 is 5.32 Å². The average molecular weight is 329 g/mol. The largest absolute Gasteiger partial charge is 0.469 e. The fourth-order valence-corrected chi connectivity index (χ4v) is 3.58. The van der Waals surface area contributed by atoms with E-state index in [1.54, 1.807) is 10.8 Å². The van der Waals surface area contributed by atoms with Crippen molar-refractivity contribution in [2.75, 3.05) is 19.0 Å². The van der Waals surface area contributed by atoms with E-state index in [9.17, 15) is 4.79 Å². The fraction of sp³-hybridized carbons (Fsp3) is 0.647. The zero-order valence-electron chi connectivity index (χ0n) is 13.9. The van der Waals surface area contributed by atoms with Gasteiger partial charge in [0.15, 0.2) is 0 Å². The lowest BCUT2D eigenvalue weighted by Gasteiger charge is -2.27. The van der Waals surface area contributed by atoms with E-state index in [1.807, 2.05) is 0 Å². The van der Waals surface area contributed by atoms with Crippen molar-refractivity contribution in [1.29, 1.82) is 0 Å². The van der Waals surface area contributed by atoms with Crippen LogP contribution in [0, 0.1) is 11.8 Å². The van der Waals surface area contributed by atoms with Gasteiger partial charge in [-0.1, -0.05) is 0 Å². The molecule has 2 aromatic rings. The van der Waals surface area contributed by atoms with Gasteiger partial charge in [-0.15, -0.1) is 10.2 Å². The highest BCUT2D eigenvalue weighted by Crippen LogP contribution is 2.40. The van der Waals surface area contributed by atoms with Crippen molar-refractivity contribution in [2.45, 2.75) is 44.4 Å². The maximum Gasteiger partial charge on any atom is 0.308 e. The zero-order valence-corrected chi connectivity index (χ0v) is 13.9. The number of anilines is 1. The second-order valence-corrected chi connectivity index (χ2v) is 6.98. The van der Waals surface area contributed by atoms with E-state index in [2.05, 4.69) is 26.7 Å². The van der Waals surface area contributed by atoms with Crippen LogP contribution >= 0.6 is 0 Å². The summed E-state index contributed by atoms with van der Waals surface area (Å²) in [6, 6.07) is 2.13. The predicted molar refractivity (Wildman–Crippen MR) is 88.7 cm³/mol. The number of methoxy groups -OCH3 is 1. The maximum absolute atomic E-state index is 11.6. The summed E-state index contributed by atoms with van der Waals surface area (Å²) >= 11 is 0. The number of aromatic nitrogens is 4. The lowest BCUT2D eigenvalue weighted by atomic mass is 9.82. The summed E-state index contributed by atoms with van der Waals surface area (Å²) in [7, 11) is 1.47. The molecule has 0 radical (unpaired) electrons. The van der Waals surface area contributed by atoms with Crippen molar-refractivity contribution >= 4 is 17.3 Å². The number of carbonyl (C=O) groups excluding carboxylic acids is 1. The number of rotatable bonds is 5. The third kappa shape index (κ3) is 3.07. The lowest BCUT2D eigenvalue weighted by molar-refractivity contribution is -0.146. The highest BCUT2D eigenvalue weighted by Gasteiger charge is 2.28. The van der Waals surface area contributed by atoms with Crippen LogP contribution in [0.3, 0.4) is 0 Å². The van der Waals surface area contributed by atoms with E-state index in [0.29, 0.717) is 11.8 Å². The molecule has 0 aliphatic heterocycles. The molecular formula is C17H23N5O2. The Morgan fingerprint density at radius 3 is 2.79 bits per heavy atom. The molecule has 0 spiro atoms. The Morgan fingerprint density at radius 1 is 1.29 bits per heavy atom. The van der Waals surface area contributed by atoms with E-state index in [4.69, 9.17) is 4.74 Å². The minimum Gasteiger partial charge on any atom is -0.469 e. The molecule has 1 N–H and O–H groups in total. The van der Waals surface area contributed by atoms with E-state index in [0.717, 1.165) is 49.3 Å². The number of hydrogen-bond donors (Lipinski definition) is 1. The molecule has 0 bridgehead atoms. The summed E-state index contributed by atoms with van der Waals surface area (Å²) in [6.07, 6.45) is 8.04. The van der Waals surface area contributed by atoms with E-state index >= 15 is 0 Å². The first-order chi connectivity index (χ1) is 11.7. The number of carbonyl (C=O) groups is 1. The van der Waals surface area contributed by atoms with Crippen LogP contribution in [0.2, 0.25) is 0 Å². The Bertz CT molecular complexity index is 732. The molecule has 7 nitrogen and oxygen atoms in total. The molecule has 128 valence electrons. The topological polar surface area (TPSA) is 81.4 Å². The molecule has 2 aliphatic carbocycles. The number of ether oxygens (including phenoxy) is 1. The van der Waals surface area contributed by atoms with Gasteiger partial charge in [-0.05, 0) is 50.5 Å². The van der Waals surface area contributed by atoms with Crippen molar-refractivity contribution < 1.29 is 9.53 Å². The molecule has 2 saturated carbocycles. The molecule has 24 heavy (non-hydrogen) atoms. The smallest absolute Gasteiger partial charge is 0.308 e. The van der Waals surface area contributed by atoms with Crippen molar-refractivity contribution in [2.24, 2.45) is 11.8 Å². The number of hydrogen-bond acceptors (Lipinski definition) is 6. The summed E-state index contributed by atoms with van der Waals surface area (Å²) in [5, 5.41) is 16.3. The van der Waals surface area contributed by atoms with Gasteiger partial charge in [0.05, 0.1) is 24.4 Å².